The molecule has 0 aromatic carbocycles. The maximum Gasteiger partial charge on any atom is 0.410 e. The van der Waals surface area contributed by atoms with E-state index < -0.39 is 11.6 Å². The zero-order valence-corrected chi connectivity index (χ0v) is 18.8. The van der Waals surface area contributed by atoms with Gasteiger partial charge in [-0.15, -0.1) is 0 Å². The molecule has 3 aliphatic rings. The number of carbonyl (C=O) groups is 3. The molecule has 2 aromatic rings. The monoisotopic (exact) mass is 439 g/mol. The van der Waals surface area contributed by atoms with E-state index in [1.165, 1.54) is 5.56 Å². The lowest BCUT2D eigenvalue weighted by molar-refractivity contribution is -0.120. The molecule has 1 saturated carbocycles. The molecule has 2 aromatic heterocycles. The van der Waals surface area contributed by atoms with Gasteiger partial charge in [0.1, 0.15) is 11.2 Å². The van der Waals surface area contributed by atoms with Crippen LogP contribution < -0.4 is 10.2 Å². The van der Waals surface area contributed by atoms with Crippen LogP contribution in [0.2, 0.25) is 0 Å². The van der Waals surface area contributed by atoms with E-state index in [9.17, 15) is 14.4 Å². The normalized spacial score (nSPS) is 19.8. The lowest BCUT2D eigenvalue weighted by Crippen LogP contribution is -2.52. The molecule has 2 aliphatic heterocycles. The molecular weight excluding hydrogens is 410 g/mol. The van der Waals surface area contributed by atoms with Crippen LogP contribution in [0.25, 0.3) is 11.0 Å². The molecule has 9 nitrogen and oxygen atoms in total. The first-order valence-corrected chi connectivity index (χ1v) is 11.3. The molecule has 4 amide bonds. The second-order valence-corrected chi connectivity index (χ2v) is 10.1. The van der Waals surface area contributed by atoms with Gasteiger partial charge < -0.3 is 14.2 Å². The number of nitrogens with zero attached hydrogens (tertiary/aromatic N) is 4. The summed E-state index contributed by atoms with van der Waals surface area (Å²) < 4.78 is 7.63. The second-order valence-electron chi connectivity index (χ2n) is 10.1. The van der Waals surface area contributed by atoms with Gasteiger partial charge in [-0.3, -0.25) is 15.0 Å². The van der Waals surface area contributed by atoms with E-state index in [1.807, 2.05) is 26.8 Å². The number of hydrogen-bond donors (Lipinski definition) is 1. The minimum atomic E-state index is -0.488. The Hall–Kier alpha value is -3.10. The van der Waals surface area contributed by atoms with Crippen molar-refractivity contribution in [2.45, 2.75) is 58.1 Å². The van der Waals surface area contributed by atoms with Crippen molar-refractivity contribution < 1.29 is 19.1 Å². The standard InChI is InChI=1S/C23H29N5O4/c1-23(2,3)32-22(31)27-11-14(12-27)10-26-13-18(15-4-5-15)17-8-16(9-24-20(17)26)28-7-6-19(29)25-21(28)30/h8-9,13-15H,4-7,10-12H2,1-3H3,(H,25,29,30). The van der Waals surface area contributed by atoms with Gasteiger partial charge in [-0.05, 0) is 51.2 Å². The Balaban J connectivity index is 1.33. The Morgan fingerprint density at radius 2 is 2.00 bits per heavy atom. The molecule has 0 radical (unpaired) electrons. The van der Waals surface area contributed by atoms with Crippen molar-refractivity contribution in [2.24, 2.45) is 5.92 Å². The predicted octanol–water partition coefficient (Wildman–Crippen LogP) is 3.23. The average Bonchev–Trinajstić information content (AvgIpc) is 3.45. The number of nitrogens with one attached hydrogen (secondary N) is 1. The van der Waals surface area contributed by atoms with Gasteiger partial charge >= 0.3 is 12.1 Å². The van der Waals surface area contributed by atoms with E-state index in [1.54, 1.807) is 16.0 Å². The van der Waals surface area contributed by atoms with Gasteiger partial charge in [-0.2, -0.15) is 0 Å². The van der Waals surface area contributed by atoms with Gasteiger partial charge in [0.05, 0.1) is 11.9 Å². The van der Waals surface area contributed by atoms with E-state index in [0.717, 1.165) is 30.4 Å². The number of anilines is 1. The SMILES string of the molecule is CC(C)(C)OC(=O)N1CC(Cn2cc(C3CC3)c3cc(N4CCC(=O)NC4=O)cnc32)C1. The van der Waals surface area contributed by atoms with Crippen LogP contribution in [0.4, 0.5) is 15.3 Å². The molecule has 0 unspecified atom stereocenters. The van der Waals surface area contributed by atoms with E-state index in [0.29, 0.717) is 37.2 Å². The van der Waals surface area contributed by atoms with Gasteiger partial charge in [0.15, 0.2) is 0 Å². The third-order valence-corrected chi connectivity index (χ3v) is 6.18. The Morgan fingerprint density at radius 1 is 1.25 bits per heavy atom. The average molecular weight is 440 g/mol. The molecule has 3 fully saturated rings. The van der Waals surface area contributed by atoms with Gasteiger partial charge in [-0.1, -0.05) is 0 Å². The zero-order valence-electron chi connectivity index (χ0n) is 18.8. The van der Waals surface area contributed by atoms with Gasteiger partial charge in [0, 0.05) is 50.1 Å². The first-order valence-electron chi connectivity index (χ1n) is 11.3. The molecule has 2 saturated heterocycles. The zero-order chi connectivity index (χ0) is 22.6. The van der Waals surface area contributed by atoms with Crippen LogP contribution >= 0.6 is 0 Å². The quantitative estimate of drug-likeness (QED) is 0.789. The smallest absolute Gasteiger partial charge is 0.410 e. The summed E-state index contributed by atoms with van der Waals surface area (Å²) in [6.07, 6.45) is 6.26. The topological polar surface area (TPSA) is 96.8 Å². The van der Waals surface area contributed by atoms with Crippen molar-refractivity contribution >= 4 is 34.8 Å². The van der Waals surface area contributed by atoms with E-state index in [4.69, 9.17) is 9.72 Å². The summed E-state index contributed by atoms with van der Waals surface area (Å²) in [4.78, 5) is 44.0. The number of likely N-dealkylation sites (tertiary alicyclic amines) is 1. The van der Waals surface area contributed by atoms with Crippen molar-refractivity contribution in [3.63, 3.8) is 0 Å². The van der Waals surface area contributed by atoms with Crippen LogP contribution in [0.5, 0.6) is 0 Å². The summed E-state index contributed by atoms with van der Waals surface area (Å²) in [6, 6.07) is 1.63. The fourth-order valence-electron chi connectivity index (χ4n) is 4.44. The molecule has 4 heterocycles. The predicted molar refractivity (Wildman–Crippen MR) is 119 cm³/mol. The third kappa shape index (κ3) is 4.03. The highest BCUT2D eigenvalue weighted by Gasteiger charge is 2.35. The number of hydrogen-bond acceptors (Lipinski definition) is 5. The lowest BCUT2D eigenvalue weighted by atomic mass is 10.0. The summed E-state index contributed by atoms with van der Waals surface area (Å²) in [5, 5.41) is 3.44. The van der Waals surface area contributed by atoms with Gasteiger partial charge in [0.25, 0.3) is 0 Å². The van der Waals surface area contributed by atoms with Gasteiger partial charge in [0.2, 0.25) is 5.91 Å². The fraction of sp³-hybridized carbons (Fsp3) is 0.565. The molecule has 1 aliphatic carbocycles. The Bertz CT molecular complexity index is 1090. The molecule has 0 atom stereocenters. The number of imide groups is 1. The Labute approximate surface area is 186 Å². The third-order valence-electron chi connectivity index (χ3n) is 6.18. The number of fused-ring (bicyclic) bond motifs is 1. The highest BCUT2D eigenvalue weighted by molar-refractivity contribution is 6.06. The van der Waals surface area contributed by atoms with Crippen molar-refractivity contribution in [3.8, 4) is 0 Å². The molecule has 0 bridgehead atoms. The van der Waals surface area contributed by atoms with Crippen LogP contribution in [0.1, 0.15) is 51.5 Å². The summed E-state index contributed by atoms with van der Waals surface area (Å²) in [7, 11) is 0. The van der Waals surface area contributed by atoms with E-state index >= 15 is 0 Å². The number of rotatable bonds is 4. The first-order chi connectivity index (χ1) is 15.2. The molecule has 32 heavy (non-hydrogen) atoms. The number of ether oxygens (including phenoxy) is 1. The Morgan fingerprint density at radius 3 is 2.66 bits per heavy atom. The maximum atomic E-state index is 12.3. The van der Waals surface area contributed by atoms with Crippen LogP contribution in [0.3, 0.4) is 0 Å². The van der Waals surface area contributed by atoms with Crippen molar-refractivity contribution in [1.29, 1.82) is 0 Å². The first kappa shape index (κ1) is 20.8. The Kier molecular flexibility index (Phi) is 4.87. The lowest BCUT2D eigenvalue weighted by Gasteiger charge is -2.40. The van der Waals surface area contributed by atoms with Crippen LogP contribution in [0.15, 0.2) is 18.5 Å². The fourth-order valence-corrected chi connectivity index (χ4v) is 4.44. The number of urea groups is 1. The molecule has 5 rings (SSSR count). The second kappa shape index (κ2) is 7.50. The molecule has 0 spiro atoms. The van der Waals surface area contributed by atoms with E-state index in [-0.39, 0.29) is 18.4 Å². The van der Waals surface area contributed by atoms with Crippen molar-refractivity contribution in [1.82, 2.24) is 19.8 Å². The van der Waals surface area contributed by atoms with Crippen molar-refractivity contribution in [2.75, 3.05) is 24.5 Å². The highest BCUT2D eigenvalue weighted by atomic mass is 16.6. The minimum absolute atomic E-state index is 0.244. The summed E-state index contributed by atoms with van der Waals surface area (Å²) in [6.45, 7) is 8.12. The van der Waals surface area contributed by atoms with Crippen molar-refractivity contribution in [3.05, 3.63) is 24.0 Å². The maximum absolute atomic E-state index is 12.3. The number of carbonyl (C=O) groups excluding carboxylic acids is 3. The molecule has 170 valence electrons. The summed E-state index contributed by atoms with van der Waals surface area (Å²) >= 11 is 0. The molecule has 1 N–H and O–H groups in total. The summed E-state index contributed by atoms with van der Waals surface area (Å²) in [5.74, 6) is 0.642. The van der Waals surface area contributed by atoms with Crippen LogP contribution in [0, 0.1) is 5.92 Å². The summed E-state index contributed by atoms with van der Waals surface area (Å²) in [5.41, 5.74) is 2.39. The largest absolute Gasteiger partial charge is 0.444 e. The minimum Gasteiger partial charge on any atom is -0.444 e. The highest BCUT2D eigenvalue weighted by Crippen LogP contribution is 2.44. The molecule has 9 heteroatoms. The van der Waals surface area contributed by atoms with Gasteiger partial charge in [-0.25, -0.2) is 14.6 Å². The number of amides is 4. The van der Waals surface area contributed by atoms with Crippen LogP contribution in [-0.2, 0) is 16.1 Å². The number of aromatic nitrogens is 2. The van der Waals surface area contributed by atoms with Crippen LogP contribution in [-0.4, -0.2) is 57.7 Å². The molecular formula is C23H29N5O4. The number of pyridine rings is 1. The van der Waals surface area contributed by atoms with E-state index in [2.05, 4.69) is 16.1 Å².